The smallest absolute Gasteiger partial charge is 0.230 e. The lowest BCUT2D eigenvalue weighted by molar-refractivity contribution is -0.132. The molecule has 0 bridgehead atoms. The van der Waals surface area contributed by atoms with Crippen LogP contribution in [0.5, 0.6) is 0 Å². The van der Waals surface area contributed by atoms with E-state index in [4.69, 9.17) is 0 Å². The standard InChI is InChI=1S/C9H15N.C8H15NO.C8H13NO/c1-8-6-5-7-10(8)9(2,3)4;2*1-8(2,3)9-6-4-5-7(9)10/h5-6H,1,7H2,2-4H3;4-6H2,1-3H3;4,6H,5H2,1-3H3. The molecule has 2 amide bonds. The summed E-state index contributed by atoms with van der Waals surface area (Å²) in [6.45, 7) is 24.8. The highest BCUT2D eigenvalue weighted by molar-refractivity contribution is 5.82. The van der Waals surface area contributed by atoms with Crippen LogP contribution in [-0.2, 0) is 9.59 Å². The molecule has 1 fully saturated rings. The molecule has 3 aliphatic rings. The van der Waals surface area contributed by atoms with Gasteiger partial charge in [0.2, 0.25) is 11.8 Å². The summed E-state index contributed by atoms with van der Waals surface area (Å²) in [6.07, 6.45) is 10.3. The van der Waals surface area contributed by atoms with E-state index in [2.05, 4.69) is 65.2 Å². The fourth-order valence-corrected chi connectivity index (χ4v) is 3.60. The van der Waals surface area contributed by atoms with E-state index in [1.807, 2.05) is 37.9 Å². The maximum atomic E-state index is 11.1. The molecule has 0 aromatic rings. The second-order valence-electron chi connectivity index (χ2n) is 11.0. The summed E-state index contributed by atoms with van der Waals surface area (Å²) in [5.41, 5.74) is 1.34. The van der Waals surface area contributed by atoms with Crippen molar-refractivity contribution in [1.82, 2.24) is 14.7 Å². The van der Waals surface area contributed by atoms with Crippen molar-refractivity contribution < 1.29 is 9.59 Å². The molecule has 170 valence electrons. The first-order valence-corrected chi connectivity index (χ1v) is 11.0. The average molecular weight is 418 g/mol. The van der Waals surface area contributed by atoms with E-state index in [-0.39, 0.29) is 22.5 Å². The SMILES string of the molecule is C=C1C=CCN1C(C)(C)C.CC(C)(C)N1C=CCC1=O.CC(C)(C)N1CCCC1=O. The Morgan fingerprint density at radius 2 is 1.37 bits per heavy atom. The lowest BCUT2D eigenvalue weighted by Crippen LogP contribution is -2.41. The molecule has 0 spiro atoms. The minimum Gasteiger partial charge on any atom is -0.363 e. The third-order valence-corrected chi connectivity index (χ3v) is 5.18. The van der Waals surface area contributed by atoms with Crippen molar-refractivity contribution in [3.8, 4) is 0 Å². The molecule has 0 unspecified atom stereocenters. The van der Waals surface area contributed by atoms with Crippen LogP contribution in [0.2, 0.25) is 0 Å². The van der Waals surface area contributed by atoms with Gasteiger partial charge < -0.3 is 14.7 Å². The van der Waals surface area contributed by atoms with Crippen LogP contribution in [0.3, 0.4) is 0 Å². The zero-order valence-electron chi connectivity index (χ0n) is 20.7. The largest absolute Gasteiger partial charge is 0.363 e. The highest BCUT2D eigenvalue weighted by atomic mass is 16.2. The summed E-state index contributed by atoms with van der Waals surface area (Å²) in [4.78, 5) is 28.2. The normalized spacial score (nSPS) is 19.2. The highest BCUT2D eigenvalue weighted by Crippen LogP contribution is 2.23. The van der Waals surface area contributed by atoms with Gasteiger partial charge in [0, 0.05) is 54.4 Å². The number of amides is 2. The average Bonchev–Trinajstić information content (AvgIpc) is 3.27. The van der Waals surface area contributed by atoms with Gasteiger partial charge in [-0.25, -0.2) is 0 Å². The van der Waals surface area contributed by atoms with Crippen LogP contribution < -0.4 is 0 Å². The van der Waals surface area contributed by atoms with E-state index in [9.17, 15) is 9.59 Å². The van der Waals surface area contributed by atoms with Gasteiger partial charge in [-0.1, -0.05) is 18.7 Å². The van der Waals surface area contributed by atoms with Crippen molar-refractivity contribution in [3.63, 3.8) is 0 Å². The van der Waals surface area contributed by atoms with Crippen LogP contribution >= 0.6 is 0 Å². The van der Waals surface area contributed by atoms with E-state index < -0.39 is 0 Å². The van der Waals surface area contributed by atoms with Gasteiger partial charge in [0.25, 0.3) is 0 Å². The fourth-order valence-electron chi connectivity index (χ4n) is 3.60. The number of carbonyl (C=O) groups excluding carboxylic acids is 2. The molecule has 3 rings (SSSR count). The van der Waals surface area contributed by atoms with Crippen LogP contribution in [0.15, 0.2) is 36.7 Å². The second-order valence-corrected chi connectivity index (χ2v) is 11.0. The van der Waals surface area contributed by atoms with Crippen molar-refractivity contribution in [2.24, 2.45) is 0 Å². The molecule has 0 aromatic heterocycles. The molecular formula is C25H43N3O2. The molecule has 30 heavy (non-hydrogen) atoms. The second kappa shape index (κ2) is 9.84. The molecule has 0 N–H and O–H groups in total. The Hall–Kier alpha value is -2.04. The number of nitrogens with zero attached hydrogens (tertiary/aromatic N) is 3. The van der Waals surface area contributed by atoms with E-state index in [1.54, 1.807) is 4.90 Å². The third kappa shape index (κ3) is 7.66. The van der Waals surface area contributed by atoms with Gasteiger partial charge >= 0.3 is 0 Å². The Morgan fingerprint density at radius 3 is 1.57 bits per heavy atom. The zero-order chi connectivity index (χ0) is 23.3. The zero-order valence-corrected chi connectivity index (χ0v) is 20.7. The van der Waals surface area contributed by atoms with Gasteiger partial charge in [0.05, 0.1) is 0 Å². The number of allylic oxidation sites excluding steroid dienone is 1. The Labute approximate surface area is 184 Å². The lowest BCUT2D eigenvalue weighted by atomic mass is 10.1. The number of likely N-dealkylation sites (tertiary alicyclic amines) is 1. The lowest BCUT2D eigenvalue weighted by Gasteiger charge is -2.34. The Morgan fingerprint density at radius 1 is 0.800 bits per heavy atom. The predicted molar refractivity (Wildman–Crippen MR) is 126 cm³/mol. The van der Waals surface area contributed by atoms with Gasteiger partial charge in [0.15, 0.2) is 0 Å². The maximum Gasteiger partial charge on any atom is 0.230 e. The summed E-state index contributed by atoms with van der Waals surface area (Å²) in [5, 5.41) is 0. The minimum absolute atomic E-state index is 0.0353. The van der Waals surface area contributed by atoms with Gasteiger partial charge in [0.1, 0.15) is 0 Å². The van der Waals surface area contributed by atoms with Gasteiger partial charge in [-0.05, 0) is 74.8 Å². The first-order valence-electron chi connectivity index (χ1n) is 11.0. The molecule has 3 aliphatic heterocycles. The first kappa shape index (κ1) is 26.0. The summed E-state index contributed by atoms with van der Waals surface area (Å²) < 4.78 is 0. The Bertz CT molecular complexity index is 671. The molecule has 1 saturated heterocycles. The molecular weight excluding hydrogens is 374 g/mol. The molecule has 5 nitrogen and oxygen atoms in total. The predicted octanol–water partition coefficient (Wildman–Crippen LogP) is 5.11. The molecule has 0 radical (unpaired) electrons. The summed E-state index contributed by atoms with van der Waals surface area (Å²) >= 11 is 0. The summed E-state index contributed by atoms with van der Waals surface area (Å²) in [7, 11) is 0. The van der Waals surface area contributed by atoms with Crippen LogP contribution in [0.4, 0.5) is 0 Å². The summed E-state index contributed by atoms with van der Waals surface area (Å²) in [5.74, 6) is 0.514. The highest BCUT2D eigenvalue weighted by Gasteiger charge is 2.29. The topological polar surface area (TPSA) is 43.9 Å². The first-order chi connectivity index (χ1) is 13.5. The minimum atomic E-state index is -0.0515. The number of carbonyl (C=O) groups is 2. The van der Waals surface area contributed by atoms with Crippen molar-refractivity contribution in [3.05, 3.63) is 36.7 Å². The number of rotatable bonds is 0. The van der Waals surface area contributed by atoms with Gasteiger partial charge in [-0.15, -0.1) is 0 Å². The van der Waals surface area contributed by atoms with Crippen LogP contribution in [-0.4, -0.2) is 56.2 Å². The summed E-state index contributed by atoms with van der Waals surface area (Å²) in [6, 6.07) is 0. The van der Waals surface area contributed by atoms with E-state index in [0.29, 0.717) is 12.3 Å². The van der Waals surface area contributed by atoms with Crippen LogP contribution in [0.25, 0.3) is 0 Å². The molecule has 0 aliphatic carbocycles. The Balaban J connectivity index is 0.000000225. The third-order valence-electron chi connectivity index (χ3n) is 5.18. The Kier molecular flexibility index (Phi) is 8.53. The van der Waals surface area contributed by atoms with Crippen LogP contribution in [0, 0.1) is 0 Å². The maximum absolute atomic E-state index is 11.1. The molecule has 0 saturated carbocycles. The van der Waals surface area contributed by atoms with Crippen molar-refractivity contribution >= 4 is 11.8 Å². The molecule has 0 atom stereocenters. The van der Waals surface area contributed by atoms with E-state index in [1.165, 1.54) is 0 Å². The van der Waals surface area contributed by atoms with E-state index in [0.717, 1.165) is 31.6 Å². The van der Waals surface area contributed by atoms with Crippen LogP contribution in [0.1, 0.15) is 81.6 Å². The van der Waals surface area contributed by atoms with Crippen molar-refractivity contribution in [2.75, 3.05) is 13.1 Å². The van der Waals surface area contributed by atoms with Crippen molar-refractivity contribution in [1.29, 1.82) is 0 Å². The molecule has 3 heterocycles. The van der Waals surface area contributed by atoms with Gasteiger partial charge in [-0.3, -0.25) is 9.59 Å². The van der Waals surface area contributed by atoms with Gasteiger partial charge in [-0.2, -0.15) is 0 Å². The number of hydrogen-bond donors (Lipinski definition) is 0. The number of hydrogen-bond acceptors (Lipinski definition) is 3. The monoisotopic (exact) mass is 417 g/mol. The fraction of sp³-hybridized carbons (Fsp3) is 0.680. The quantitative estimate of drug-likeness (QED) is 0.550. The van der Waals surface area contributed by atoms with E-state index >= 15 is 0 Å². The molecule has 0 aromatic carbocycles. The molecule has 5 heteroatoms. The van der Waals surface area contributed by atoms with Crippen molar-refractivity contribution in [2.45, 2.75) is 98.2 Å².